The summed E-state index contributed by atoms with van der Waals surface area (Å²) in [4.78, 5) is 2.60. The van der Waals surface area contributed by atoms with Gasteiger partial charge in [-0.2, -0.15) is 5.10 Å². The Bertz CT molecular complexity index is 278. The molecule has 0 aliphatic heterocycles. The topological polar surface area (TPSA) is 66.6 Å². The number of halogens is 1. The molecular weight excluding hydrogens is 166 g/mol. The summed E-state index contributed by atoms with van der Waals surface area (Å²) < 4.78 is 1.52. The van der Waals surface area contributed by atoms with Gasteiger partial charge in [-0.05, 0) is 11.6 Å². The number of azide groups is 1. The van der Waals surface area contributed by atoms with Gasteiger partial charge in [0.25, 0.3) is 0 Å². The van der Waals surface area contributed by atoms with E-state index in [1.165, 1.54) is 4.68 Å². The molecule has 6 heteroatoms. The van der Waals surface area contributed by atoms with Gasteiger partial charge >= 0.3 is 0 Å². The molecule has 0 N–H and O–H groups in total. The zero-order valence-electron chi connectivity index (χ0n) is 5.90. The van der Waals surface area contributed by atoms with Crippen LogP contribution in [-0.2, 0) is 13.6 Å². The maximum absolute atomic E-state index is 7.99. The van der Waals surface area contributed by atoms with Crippen LogP contribution in [0.2, 0.25) is 5.15 Å². The lowest BCUT2D eigenvalue weighted by atomic mass is 10.4. The minimum absolute atomic E-state index is 0.247. The maximum Gasteiger partial charge on any atom is 0.126 e. The van der Waals surface area contributed by atoms with Gasteiger partial charge in [-0.25, -0.2) is 0 Å². The van der Waals surface area contributed by atoms with Gasteiger partial charge in [0.05, 0.1) is 12.2 Å². The monoisotopic (exact) mass is 171 g/mol. The van der Waals surface area contributed by atoms with E-state index >= 15 is 0 Å². The van der Waals surface area contributed by atoms with Gasteiger partial charge in [-0.15, -0.1) is 0 Å². The van der Waals surface area contributed by atoms with Crippen LogP contribution >= 0.6 is 11.6 Å². The SMILES string of the molecule is Cn1nc(CN=[N+]=[N-])cc1Cl. The number of nitrogens with zero attached hydrogens (tertiary/aromatic N) is 5. The number of hydrogen-bond acceptors (Lipinski definition) is 2. The summed E-state index contributed by atoms with van der Waals surface area (Å²) in [6, 6.07) is 1.66. The third-order valence-electron chi connectivity index (χ3n) is 1.17. The van der Waals surface area contributed by atoms with Crippen molar-refractivity contribution in [2.75, 3.05) is 0 Å². The van der Waals surface area contributed by atoms with Crippen LogP contribution in [0.4, 0.5) is 0 Å². The highest BCUT2D eigenvalue weighted by atomic mass is 35.5. The number of hydrogen-bond donors (Lipinski definition) is 0. The predicted molar refractivity (Wildman–Crippen MR) is 41.1 cm³/mol. The van der Waals surface area contributed by atoms with Crippen LogP contribution in [0, 0.1) is 0 Å². The van der Waals surface area contributed by atoms with Gasteiger partial charge in [0.2, 0.25) is 0 Å². The molecular formula is C5H6ClN5. The van der Waals surface area contributed by atoms with Gasteiger partial charge in [-0.3, -0.25) is 4.68 Å². The van der Waals surface area contributed by atoms with Gasteiger partial charge in [0.15, 0.2) is 0 Å². The lowest BCUT2D eigenvalue weighted by molar-refractivity contribution is 0.743. The van der Waals surface area contributed by atoms with Crippen LogP contribution in [0.15, 0.2) is 11.2 Å². The van der Waals surface area contributed by atoms with E-state index in [1.54, 1.807) is 13.1 Å². The summed E-state index contributed by atoms with van der Waals surface area (Å²) in [5, 5.41) is 7.85. The fourth-order valence-corrected chi connectivity index (χ4v) is 0.845. The molecule has 1 heterocycles. The molecule has 0 atom stereocenters. The first-order valence-electron chi connectivity index (χ1n) is 2.93. The Kier molecular flexibility index (Phi) is 2.36. The van der Waals surface area contributed by atoms with Crippen molar-refractivity contribution < 1.29 is 0 Å². The first-order chi connectivity index (χ1) is 5.24. The molecule has 0 radical (unpaired) electrons. The Morgan fingerprint density at radius 2 is 2.64 bits per heavy atom. The summed E-state index contributed by atoms with van der Waals surface area (Å²) in [6.07, 6.45) is 0. The zero-order chi connectivity index (χ0) is 8.27. The fourth-order valence-electron chi connectivity index (χ4n) is 0.682. The molecule has 0 aliphatic carbocycles. The summed E-state index contributed by atoms with van der Waals surface area (Å²) in [7, 11) is 1.72. The summed E-state index contributed by atoms with van der Waals surface area (Å²) >= 11 is 5.67. The highest BCUT2D eigenvalue weighted by Gasteiger charge is 1.99. The molecule has 1 aromatic rings. The number of aromatic nitrogens is 2. The first kappa shape index (κ1) is 7.91. The second-order valence-electron chi connectivity index (χ2n) is 1.97. The van der Waals surface area contributed by atoms with Gasteiger partial charge in [0.1, 0.15) is 5.15 Å². The molecule has 0 saturated carbocycles. The molecule has 0 fully saturated rings. The summed E-state index contributed by atoms with van der Waals surface area (Å²) in [5.74, 6) is 0. The van der Waals surface area contributed by atoms with E-state index in [0.717, 1.165) is 0 Å². The Labute approximate surface area is 68.2 Å². The third-order valence-corrected chi connectivity index (χ3v) is 1.52. The molecule has 11 heavy (non-hydrogen) atoms. The maximum atomic E-state index is 7.99. The van der Waals surface area contributed by atoms with E-state index in [9.17, 15) is 0 Å². The van der Waals surface area contributed by atoms with Crippen LogP contribution in [0.3, 0.4) is 0 Å². The van der Waals surface area contributed by atoms with Crippen LogP contribution in [0.5, 0.6) is 0 Å². The highest BCUT2D eigenvalue weighted by Crippen LogP contribution is 2.09. The van der Waals surface area contributed by atoms with Crippen molar-refractivity contribution in [1.82, 2.24) is 9.78 Å². The highest BCUT2D eigenvalue weighted by molar-refractivity contribution is 6.29. The smallest absolute Gasteiger partial charge is 0.126 e. The molecule has 1 aromatic heterocycles. The van der Waals surface area contributed by atoms with Crippen molar-refractivity contribution in [2.24, 2.45) is 12.2 Å². The molecule has 1 rings (SSSR count). The normalized spacial score (nSPS) is 9.27. The molecule has 0 bridgehead atoms. The minimum Gasteiger partial charge on any atom is -0.257 e. The standard InChI is InChI=1S/C5H6ClN5/c1-11-5(6)2-4(9-11)3-8-10-7/h2H,3H2,1H3. The zero-order valence-corrected chi connectivity index (χ0v) is 6.65. The Hall–Kier alpha value is -1.19. The van der Waals surface area contributed by atoms with Crippen molar-refractivity contribution in [1.29, 1.82) is 0 Å². The van der Waals surface area contributed by atoms with Gasteiger partial charge < -0.3 is 0 Å². The molecule has 0 saturated heterocycles. The predicted octanol–water partition coefficient (Wildman–Crippen LogP) is 1.88. The summed E-state index contributed by atoms with van der Waals surface area (Å²) in [5.41, 5.74) is 8.67. The second kappa shape index (κ2) is 3.27. The quantitative estimate of drug-likeness (QED) is 0.381. The van der Waals surface area contributed by atoms with E-state index in [-0.39, 0.29) is 6.54 Å². The summed E-state index contributed by atoms with van der Waals surface area (Å²) in [6.45, 7) is 0.247. The average Bonchev–Trinajstić information content (AvgIpc) is 2.28. The molecule has 0 aliphatic rings. The molecule has 0 aromatic carbocycles. The second-order valence-corrected chi connectivity index (χ2v) is 2.36. The lowest BCUT2D eigenvalue weighted by Crippen LogP contribution is -1.90. The van der Waals surface area contributed by atoms with Crippen molar-refractivity contribution in [2.45, 2.75) is 6.54 Å². The fraction of sp³-hybridized carbons (Fsp3) is 0.400. The third kappa shape index (κ3) is 1.86. The number of aryl methyl sites for hydroxylation is 1. The molecule has 0 spiro atoms. The molecule has 5 nitrogen and oxygen atoms in total. The van der Waals surface area contributed by atoms with Crippen molar-refractivity contribution in [3.63, 3.8) is 0 Å². The largest absolute Gasteiger partial charge is 0.257 e. The van der Waals surface area contributed by atoms with Crippen molar-refractivity contribution in [3.05, 3.63) is 27.4 Å². The van der Waals surface area contributed by atoms with E-state index in [4.69, 9.17) is 17.1 Å². The average molecular weight is 172 g/mol. The molecule has 58 valence electrons. The first-order valence-corrected chi connectivity index (χ1v) is 3.31. The van der Waals surface area contributed by atoms with E-state index in [2.05, 4.69) is 15.1 Å². The van der Waals surface area contributed by atoms with Crippen LogP contribution in [0.25, 0.3) is 10.4 Å². The lowest BCUT2D eigenvalue weighted by Gasteiger charge is -1.86. The molecule has 0 amide bonds. The van der Waals surface area contributed by atoms with Crippen LogP contribution in [-0.4, -0.2) is 9.78 Å². The van der Waals surface area contributed by atoms with Crippen LogP contribution < -0.4 is 0 Å². The number of rotatable bonds is 2. The van der Waals surface area contributed by atoms with E-state index in [0.29, 0.717) is 10.8 Å². The molecule has 0 unspecified atom stereocenters. The Morgan fingerprint density at radius 3 is 3.09 bits per heavy atom. The van der Waals surface area contributed by atoms with E-state index < -0.39 is 0 Å². The Morgan fingerprint density at radius 1 is 1.91 bits per heavy atom. The van der Waals surface area contributed by atoms with Crippen LogP contribution in [0.1, 0.15) is 5.69 Å². The minimum atomic E-state index is 0.247. The van der Waals surface area contributed by atoms with E-state index in [1.807, 2.05) is 0 Å². The van der Waals surface area contributed by atoms with Crippen molar-refractivity contribution in [3.8, 4) is 0 Å². The van der Waals surface area contributed by atoms with Gasteiger partial charge in [-0.1, -0.05) is 16.7 Å². The Balaban J connectivity index is 2.80. The van der Waals surface area contributed by atoms with Gasteiger partial charge in [0, 0.05) is 12.0 Å². The van der Waals surface area contributed by atoms with Crippen molar-refractivity contribution >= 4 is 11.6 Å².